The number of hydrogen-bond acceptors (Lipinski definition) is 2. The summed E-state index contributed by atoms with van der Waals surface area (Å²) < 4.78 is 15.5. The van der Waals surface area contributed by atoms with Gasteiger partial charge in [-0.25, -0.2) is 9.18 Å². The van der Waals surface area contributed by atoms with Crippen LogP contribution in [0.15, 0.2) is 36.4 Å². The zero-order valence-electron chi connectivity index (χ0n) is 20.0. The molecule has 2 aromatic rings. The lowest BCUT2D eigenvalue weighted by Crippen LogP contribution is -2.60. The van der Waals surface area contributed by atoms with E-state index >= 15 is 4.39 Å². The van der Waals surface area contributed by atoms with Gasteiger partial charge in [-0.05, 0) is 84.5 Å². The second kappa shape index (κ2) is 8.43. The fourth-order valence-electron chi connectivity index (χ4n) is 6.63. The van der Waals surface area contributed by atoms with Crippen LogP contribution in [0, 0.1) is 17.2 Å². The van der Waals surface area contributed by atoms with Crippen molar-refractivity contribution in [1.82, 2.24) is 9.80 Å². The third-order valence-electron chi connectivity index (χ3n) is 8.19. The first-order chi connectivity index (χ1) is 15.8. The maximum atomic E-state index is 15.5. The SMILES string of the molecule is CCCc1ccc(-c2cc3c(cc2F)[C@H](N(C(=O)O)[C@@H]2CN4CCC2CC4)C(C)(C)C3)cc1. The highest BCUT2D eigenvalue weighted by Gasteiger charge is 2.50. The zero-order valence-corrected chi connectivity index (χ0v) is 20.0. The molecule has 33 heavy (non-hydrogen) atoms. The second-order valence-corrected chi connectivity index (χ2v) is 10.9. The van der Waals surface area contributed by atoms with Gasteiger partial charge in [-0.3, -0.25) is 4.90 Å². The zero-order chi connectivity index (χ0) is 23.3. The number of fused-ring (bicyclic) bond motifs is 4. The van der Waals surface area contributed by atoms with E-state index in [1.54, 1.807) is 11.0 Å². The van der Waals surface area contributed by atoms with E-state index < -0.39 is 6.09 Å². The Labute approximate surface area is 196 Å². The summed E-state index contributed by atoms with van der Waals surface area (Å²) in [4.78, 5) is 16.7. The van der Waals surface area contributed by atoms with E-state index in [1.807, 2.05) is 18.2 Å². The predicted molar refractivity (Wildman–Crippen MR) is 129 cm³/mol. The van der Waals surface area contributed by atoms with Crippen LogP contribution in [0.1, 0.15) is 62.8 Å². The number of amides is 1. The highest BCUT2D eigenvalue weighted by atomic mass is 19.1. The van der Waals surface area contributed by atoms with E-state index in [9.17, 15) is 9.90 Å². The predicted octanol–water partition coefficient (Wildman–Crippen LogP) is 6.14. The Bertz CT molecular complexity index is 1040. The van der Waals surface area contributed by atoms with Gasteiger partial charge < -0.3 is 10.0 Å². The van der Waals surface area contributed by atoms with Crippen molar-refractivity contribution in [2.24, 2.45) is 11.3 Å². The Morgan fingerprint density at radius 2 is 1.88 bits per heavy atom. The van der Waals surface area contributed by atoms with E-state index in [4.69, 9.17) is 0 Å². The lowest BCUT2D eigenvalue weighted by molar-refractivity contribution is -0.0267. The van der Waals surface area contributed by atoms with Gasteiger partial charge in [0.15, 0.2) is 0 Å². The fourth-order valence-corrected chi connectivity index (χ4v) is 6.63. The summed E-state index contributed by atoms with van der Waals surface area (Å²) >= 11 is 0. The number of nitrogens with zero attached hydrogens (tertiary/aromatic N) is 2. The maximum Gasteiger partial charge on any atom is 0.408 e. The molecule has 0 spiro atoms. The fraction of sp³-hybridized carbons (Fsp3) is 0.536. The standard InChI is InChI=1S/C28H35FN2O2/c1-4-5-18-6-8-19(9-7-18)22-14-21-16-28(2,3)26(23(21)15-24(22)29)31(27(32)33)25-17-30-12-10-20(25)11-13-30/h6-9,14-15,20,25-26H,4-5,10-13,16-17H2,1-3H3,(H,32,33)/t25-,26+/m1/s1. The minimum atomic E-state index is -0.879. The number of carboxylic acid groups (broad SMARTS) is 1. The van der Waals surface area contributed by atoms with Crippen LogP contribution in [0.25, 0.3) is 11.1 Å². The van der Waals surface area contributed by atoms with Crippen molar-refractivity contribution in [1.29, 1.82) is 0 Å². The first kappa shape index (κ1) is 22.4. The first-order valence-corrected chi connectivity index (χ1v) is 12.4. The average molecular weight is 451 g/mol. The lowest BCUT2D eigenvalue weighted by Gasteiger charge is -2.51. The van der Waals surface area contributed by atoms with E-state index in [1.165, 1.54) is 5.56 Å². The topological polar surface area (TPSA) is 43.8 Å². The second-order valence-electron chi connectivity index (χ2n) is 10.9. The molecule has 0 radical (unpaired) electrons. The monoisotopic (exact) mass is 450 g/mol. The molecule has 176 valence electrons. The summed E-state index contributed by atoms with van der Waals surface area (Å²) in [6.45, 7) is 9.34. The summed E-state index contributed by atoms with van der Waals surface area (Å²) in [5.41, 5.74) is 4.39. The molecule has 1 aliphatic carbocycles. The van der Waals surface area contributed by atoms with Crippen LogP contribution in [0.5, 0.6) is 0 Å². The van der Waals surface area contributed by atoms with Crippen LogP contribution in [0.4, 0.5) is 9.18 Å². The lowest BCUT2D eigenvalue weighted by atomic mass is 9.79. The summed E-state index contributed by atoms with van der Waals surface area (Å²) in [6.07, 6.45) is 4.08. The normalized spacial score (nSPS) is 27.4. The molecular weight excluding hydrogens is 415 g/mol. The Balaban J connectivity index is 1.52. The number of rotatable bonds is 5. The summed E-state index contributed by atoms with van der Waals surface area (Å²) in [5, 5.41) is 10.4. The number of hydrogen-bond donors (Lipinski definition) is 1. The van der Waals surface area contributed by atoms with Crippen molar-refractivity contribution in [3.05, 3.63) is 58.9 Å². The molecule has 1 amide bonds. The van der Waals surface area contributed by atoms with E-state index in [0.717, 1.165) is 68.4 Å². The largest absolute Gasteiger partial charge is 0.465 e. The number of halogens is 1. The minimum absolute atomic E-state index is 0.0194. The molecule has 4 aliphatic rings. The van der Waals surface area contributed by atoms with Crippen LogP contribution in [0.3, 0.4) is 0 Å². The quantitative estimate of drug-likeness (QED) is 0.595. The molecular formula is C28H35FN2O2. The van der Waals surface area contributed by atoms with Crippen molar-refractivity contribution in [2.75, 3.05) is 19.6 Å². The molecule has 3 fully saturated rings. The highest BCUT2D eigenvalue weighted by molar-refractivity contribution is 5.70. The number of aryl methyl sites for hydroxylation is 1. The molecule has 0 saturated carbocycles. The summed E-state index contributed by atoms with van der Waals surface area (Å²) in [6, 6.07) is 11.4. The third-order valence-corrected chi connectivity index (χ3v) is 8.19. The van der Waals surface area contributed by atoms with Gasteiger partial charge in [-0.1, -0.05) is 51.5 Å². The molecule has 2 atom stereocenters. The number of benzene rings is 2. The van der Waals surface area contributed by atoms with E-state index in [0.29, 0.717) is 11.5 Å². The van der Waals surface area contributed by atoms with Gasteiger partial charge in [-0.2, -0.15) is 0 Å². The van der Waals surface area contributed by atoms with Crippen LogP contribution in [-0.2, 0) is 12.8 Å². The van der Waals surface area contributed by atoms with Crippen LogP contribution in [-0.4, -0.2) is 46.7 Å². The molecule has 0 unspecified atom stereocenters. The van der Waals surface area contributed by atoms with Gasteiger partial charge in [-0.15, -0.1) is 0 Å². The van der Waals surface area contributed by atoms with Gasteiger partial charge in [0.25, 0.3) is 0 Å². The van der Waals surface area contributed by atoms with Gasteiger partial charge in [0.1, 0.15) is 5.82 Å². The molecule has 6 rings (SSSR count). The molecule has 3 aliphatic heterocycles. The van der Waals surface area contributed by atoms with Gasteiger partial charge in [0.05, 0.1) is 12.1 Å². The maximum absolute atomic E-state index is 15.5. The summed E-state index contributed by atoms with van der Waals surface area (Å²) in [5.74, 6) is 0.135. The van der Waals surface area contributed by atoms with Crippen LogP contribution >= 0.6 is 0 Å². The molecule has 3 saturated heterocycles. The van der Waals surface area contributed by atoms with Crippen molar-refractivity contribution in [3.63, 3.8) is 0 Å². The number of piperidine rings is 3. The highest BCUT2D eigenvalue weighted by Crippen LogP contribution is 2.52. The Morgan fingerprint density at radius 3 is 2.45 bits per heavy atom. The molecule has 3 heterocycles. The first-order valence-electron chi connectivity index (χ1n) is 12.4. The average Bonchev–Trinajstić information content (AvgIpc) is 3.04. The Hall–Kier alpha value is -2.40. The molecule has 4 nitrogen and oxygen atoms in total. The van der Waals surface area contributed by atoms with E-state index in [-0.39, 0.29) is 23.3 Å². The van der Waals surface area contributed by atoms with Gasteiger partial charge in [0.2, 0.25) is 0 Å². The van der Waals surface area contributed by atoms with E-state index in [2.05, 4.69) is 37.8 Å². The van der Waals surface area contributed by atoms with Crippen LogP contribution in [0.2, 0.25) is 0 Å². The Kier molecular flexibility index (Phi) is 5.72. The third kappa shape index (κ3) is 3.95. The molecule has 5 heteroatoms. The molecule has 0 aromatic heterocycles. The van der Waals surface area contributed by atoms with Crippen molar-refractivity contribution < 1.29 is 14.3 Å². The minimum Gasteiger partial charge on any atom is -0.465 e. The Morgan fingerprint density at radius 1 is 1.18 bits per heavy atom. The van der Waals surface area contributed by atoms with Crippen molar-refractivity contribution in [2.45, 2.75) is 65.0 Å². The number of carbonyl (C=O) groups is 1. The van der Waals surface area contributed by atoms with Crippen molar-refractivity contribution in [3.8, 4) is 11.1 Å². The van der Waals surface area contributed by atoms with Crippen LogP contribution < -0.4 is 0 Å². The molecule has 1 N–H and O–H groups in total. The van der Waals surface area contributed by atoms with Gasteiger partial charge >= 0.3 is 6.09 Å². The summed E-state index contributed by atoms with van der Waals surface area (Å²) in [7, 11) is 0. The van der Waals surface area contributed by atoms with Gasteiger partial charge in [0, 0.05) is 12.1 Å². The molecule has 2 aromatic carbocycles. The molecule has 2 bridgehead atoms. The van der Waals surface area contributed by atoms with Crippen molar-refractivity contribution >= 4 is 6.09 Å². The smallest absolute Gasteiger partial charge is 0.408 e.